The van der Waals surface area contributed by atoms with Gasteiger partial charge in [0.25, 0.3) is 0 Å². The molecule has 0 spiro atoms. The lowest BCUT2D eigenvalue weighted by Gasteiger charge is -2.24. The van der Waals surface area contributed by atoms with Gasteiger partial charge in [-0.1, -0.05) is 30.3 Å². The number of anilines is 1. The number of aromatic nitrogens is 1. The number of amides is 1. The molecule has 0 bridgehead atoms. The smallest absolute Gasteiger partial charge is 0.246 e. The number of hydrogen-bond acceptors (Lipinski definition) is 5. The summed E-state index contributed by atoms with van der Waals surface area (Å²) in [5.74, 6) is -0.395. The van der Waals surface area contributed by atoms with E-state index < -0.39 is 10.0 Å². The van der Waals surface area contributed by atoms with Crippen LogP contribution in [0.4, 0.5) is 5.82 Å². The molecule has 0 atom stereocenters. The largest absolute Gasteiger partial charge is 0.383 e. The highest BCUT2D eigenvalue weighted by atomic mass is 79.9. The van der Waals surface area contributed by atoms with Gasteiger partial charge in [-0.2, -0.15) is 4.31 Å². The Bertz CT molecular complexity index is 875. The molecule has 26 heavy (non-hydrogen) atoms. The zero-order valence-electron chi connectivity index (χ0n) is 14.6. The number of likely N-dealkylation sites (N-methyl/N-ethyl adjacent to an activating group) is 2. The van der Waals surface area contributed by atoms with E-state index in [1.807, 2.05) is 37.3 Å². The molecule has 1 aromatic carbocycles. The van der Waals surface area contributed by atoms with Crippen molar-refractivity contribution in [2.75, 3.05) is 25.9 Å². The molecule has 9 heteroatoms. The van der Waals surface area contributed by atoms with Gasteiger partial charge < -0.3 is 10.6 Å². The molecule has 2 rings (SSSR count). The Balaban J connectivity index is 2.15. The van der Waals surface area contributed by atoms with Gasteiger partial charge in [0, 0.05) is 30.8 Å². The van der Waals surface area contributed by atoms with Crippen LogP contribution in [0, 0.1) is 0 Å². The molecule has 0 saturated carbocycles. The highest BCUT2D eigenvalue weighted by Gasteiger charge is 2.27. The minimum Gasteiger partial charge on any atom is -0.383 e. The minimum absolute atomic E-state index is 0.107. The number of halogens is 1. The fourth-order valence-corrected chi connectivity index (χ4v) is 4.05. The van der Waals surface area contributed by atoms with Gasteiger partial charge in [0.05, 0.1) is 6.54 Å². The van der Waals surface area contributed by atoms with Crippen molar-refractivity contribution in [2.24, 2.45) is 0 Å². The SMILES string of the molecule is CCN(Cc1ccccc1)C(=O)CN(C)S(=O)(=O)c1cc(Br)cnc1N. The number of nitrogens with two attached hydrogens (primary N) is 1. The fraction of sp³-hybridized carbons (Fsp3) is 0.294. The zero-order valence-corrected chi connectivity index (χ0v) is 17.0. The molecule has 7 nitrogen and oxygen atoms in total. The maximum atomic E-state index is 12.7. The summed E-state index contributed by atoms with van der Waals surface area (Å²) in [6.07, 6.45) is 1.41. The number of benzene rings is 1. The molecule has 0 aliphatic rings. The van der Waals surface area contributed by atoms with E-state index in [2.05, 4.69) is 20.9 Å². The molecule has 2 aromatic rings. The summed E-state index contributed by atoms with van der Waals surface area (Å²) in [5.41, 5.74) is 6.68. The van der Waals surface area contributed by atoms with Crippen LogP contribution in [0.15, 0.2) is 52.0 Å². The zero-order chi connectivity index (χ0) is 19.3. The lowest BCUT2D eigenvalue weighted by molar-refractivity contribution is -0.131. The third-order valence-electron chi connectivity index (χ3n) is 3.85. The predicted octanol–water partition coefficient (Wildman–Crippen LogP) is 2.10. The van der Waals surface area contributed by atoms with Crippen molar-refractivity contribution < 1.29 is 13.2 Å². The number of carbonyl (C=O) groups excluding carboxylic acids is 1. The first-order chi connectivity index (χ1) is 12.3. The van der Waals surface area contributed by atoms with E-state index in [0.717, 1.165) is 9.87 Å². The Morgan fingerprint density at radius 2 is 1.92 bits per heavy atom. The second kappa shape index (κ2) is 8.61. The van der Waals surface area contributed by atoms with Crippen molar-refractivity contribution in [2.45, 2.75) is 18.4 Å². The van der Waals surface area contributed by atoms with E-state index in [-0.39, 0.29) is 23.2 Å². The number of sulfonamides is 1. The fourth-order valence-electron chi connectivity index (χ4n) is 2.36. The Hall–Kier alpha value is -1.97. The van der Waals surface area contributed by atoms with Crippen molar-refractivity contribution in [3.05, 3.63) is 52.6 Å². The van der Waals surface area contributed by atoms with Gasteiger partial charge in [0.1, 0.15) is 10.7 Å². The van der Waals surface area contributed by atoms with Crippen molar-refractivity contribution >= 4 is 37.7 Å². The maximum absolute atomic E-state index is 12.7. The number of carbonyl (C=O) groups is 1. The van der Waals surface area contributed by atoms with Gasteiger partial charge in [-0.3, -0.25) is 4.79 Å². The van der Waals surface area contributed by atoms with E-state index in [0.29, 0.717) is 17.6 Å². The summed E-state index contributed by atoms with van der Waals surface area (Å²) < 4.78 is 26.9. The molecule has 0 saturated heterocycles. The van der Waals surface area contributed by atoms with E-state index in [4.69, 9.17) is 5.73 Å². The van der Waals surface area contributed by atoms with Crippen LogP contribution in [0.5, 0.6) is 0 Å². The second-order valence-corrected chi connectivity index (χ2v) is 8.62. The lowest BCUT2D eigenvalue weighted by Crippen LogP contribution is -2.41. The maximum Gasteiger partial charge on any atom is 0.246 e. The summed E-state index contributed by atoms with van der Waals surface area (Å²) in [5, 5.41) is 0. The summed E-state index contributed by atoms with van der Waals surface area (Å²) in [7, 11) is -2.58. The number of nitrogen functional groups attached to an aromatic ring is 1. The molecule has 1 amide bonds. The van der Waals surface area contributed by atoms with Crippen LogP contribution in [0.1, 0.15) is 12.5 Å². The molecule has 1 aromatic heterocycles. The van der Waals surface area contributed by atoms with Crippen LogP contribution in [-0.2, 0) is 21.4 Å². The standard InChI is InChI=1S/C17H21BrN4O3S/c1-3-22(11-13-7-5-4-6-8-13)16(23)12-21(2)26(24,25)15-9-14(18)10-20-17(15)19/h4-10H,3,11-12H2,1-2H3,(H2,19,20). The first-order valence-electron chi connectivity index (χ1n) is 7.94. The van der Waals surface area contributed by atoms with Gasteiger partial charge in [-0.15, -0.1) is 0 Å². The van der Waals surface area contributed by atoms with Gasteiger partial charge in [0.2, 0.25) is 15.9 Å². The summed E-state index contributed by atoms with van der Waals surface area (Å²) >= 11 is 3.18. The third-order valence-corrected chi connectivity index (χ3v) is 6.11. The number of hydrogen-bond donors (Lipinski definition) is 1. The average Bonchev–Trinajstić information content (AvgIpc) is 2.62. The third kappa shape index (κ3) is 4.80. The normalized spacial score (nSPS) is 11.5. The van der Waals surface area contributed by atoms with Crippen LogP contribution in [0.3, 0.4) is 0 Å². The van der Waals surface area contributed by atoms with Crippen molar-refractivity contribution in [3.8, 4) is 0 Å². The van der Waals surface area contributed by atoms with Crippen LogP contribution in [-0.4, -0.2) is 48.7 Å². The predicted molar refractivity (Wildman–Crippen MR) is 104 cm³/mol. The molecular formula is C17H21BrN4O3S. The summed E-state index contributed by atoms with van der Waals surface area (Å²) in [6.45, 7) is 2.47. The lowest BCUT2D eigenvalue weighted by atomic mass is 10.2. The topological polar surface area (TPSA) is 96.6 Å². The number of nitrogens with zero attached hydrogens (tertiary/aromatic N) is 3. The average molecular weight is 441 g/mol. The molecule has 0 aliphatic heterocycles. The van der Waals surface area contributed by atoms with E-state index in [1.165, 1.54) is 19.3 Å². The van der Waals surface area contributed by atoms with Crippen LogP contribution < -0.4 is 5.73 Å². The number of pyridine rings is 1. The Kier molecular flexibility index (Phi) is 6.74. The van der Waals surface area contributed by atoms with Gasteiger partial charge in [-0.05, 0) is 34.5 Å². The molecule has 0 unspecified atom stereocenters. The van der Waals surface area contributed by atoms with Crippen molar-refractivity contribution in [3.63, 3.8) is 0 Å². The Labute approximate surface area is 162 Å². The van der Waals surface area contributed by atoms with Crippen molar-refractivity contribution in [1.82, 2.24) is 14.2 Å². The first kappa shape index (κ1) is 20.3. The molecular weight excluding hydrogens is 420 g/mol. The highest BCUT2D eigenvalue weighted by molar-refractivity contribution is 9.10. The summed E-state index contributed by atoms with van der Waals surface area (Å²) in [4.78, 5) is 17.9. The molecule has 1 heterocycles. The Morgan fingerprint density at radius 1 is 1.27 bits per heavy atom. The molecule has 0 aliphatic carbocycles. The molecule has 140 valence electrons. The molecule has 0 fully saturated rings. The van der Waals surface area contributed by atoms with Crippen LogP contribution in [0.25, 0.3) is 0 Å². The Morgan fingerprint density at radius 3 is 2.54 bits per heavy atom. The minimum atomic E-state index is -3.93. The second-order valence-electron chi connectivity index (χ2n) is 5.69. The summed E-state index contributed by atoms with van der Waals surface area (Å²) in [6, 6.07) is 10.9. The van der Waals surface area contributed by atoms with Crippen LogP contribution >= 0.6 is 15.9 Å². The van der Waals surface area contributed by atoms with Gasteiger partial charge >= 0.3 is 0 Å². The number of rotatable bonds is 7. The van der Waals surface area contributed by atoms with Gasteiger partial charge in [-0.25, -0.2) is 13.4 Å². The van der Waals surface area contributed by atoms with Gasteiger partial charge in [0.15, 0.2) is 0 Å². The quantitative estimate of drug-likeness (QED) is 0.710. The van der Waals surface area contributed by atoms with Crippen molar-refractivity contribution in [1.29, 1.82) is 0 Å². The highest BCUT2D eigenvalue weighted by Crippen LogP contribution is 2.23. The van der Waals surface area contributed by atoms with E-state index >= 15 is 0 Å². The first-order valence-corrected chi connectivity index (χ1v) is 10.2. The molecule has 0 radical (unpaired) electrons. The van der Waals surface area contributed by atoms with E-state index in [1.54, 1.807) is 4.90 Å². The van der Waals surface area contributed by atoms with Crippen LogP contribution in [0.2, 0.25) is 0 Å². The van der Waals surface area contributed by atoms with E-state index in [9.17, 15) is 13.2 Å². The molecule has 2 N–H and O–H groups in total. The monoisotopic (exact) mass is 440 g/mol.